The van der Waals surface area contributed by atoms with Crippen molar-refractivity contribution in [1.82, 2.24) is 10.2 Å². The molecule has 27 heavy (non-hydrogen) atoms. The van der Waals surface area contributed by atoms with Crippen LogP contribution in [-0.2, 0) is 6.42 Å². The van der Waals surface area contributed by atoms with Gasteiger partial charge in [0.05, 0.1) is 0 Å². The highest BCUT2D eigenvalue weighted by Gasteiger charge is 2.08. The molecule has 142 valence electrons. The number of unbranched alkanes of at least 4 members (excludes halogenated alkanes) is 7. The summed E-state index contributed by atoms with van der Waals surface area (Å²) in [5, 5.41) is 10.7. The highest BCUT2D eigenvalue weighted by atomic mass is 32.1. The summed E-state index contributed by atoms with van der Waals surface area (Å²) in [7, 11) is 0. The second kappa shape index (κ2) is 11.0. The van der Waals surface area contributed by atoms with Crippen LogP contribution in [0.1, 0.15) is 63.9 Å². The molecule has 0 saturated carbocycles. The second-order valence-corrected chi connectivity index (χ2v) is 8.18. The Balaban J connectivity index is 1.45. The lowest BCUT2D eigenvalue weighted by Gasteiger charge is -2.03. The molecule has 0 aliphatic heterocycles. The van der Waals surface area contributed by atoms with E-state index in [0.29, 0.717) is 0 Å². The number of hydrogen-bond donors (Lipinski definition) is 0. The van der Waals surface area contributed by atoms with E-state index in [-0.39, 0.29) is 0 Å². The lowest BCUT2D eigenvalue weighted by molar-refractivity contribution is 0.575. The molecule has 0 bridgehead atoms. The molecule has 1 heterocycles. The zero-order valence-corrected chi connectivity index (χ0v) is 17.2. The van der Waals surface area contributed by atoms with Crippen LogP contribution in [0.25, 0.3) is 21.1 Å². The van der Waals surface area contributed by atoms with Gasteiger partial charge >= 0.3 is 0 Å². The predicted octanol–water partition coefficient (Wildman–Crippen LogP) is 7.56. The molecule has 0 atom stereocenters. The smallest absolute Gasteiger partial charge is 0.138 e. The van der Waals surface area contributed by atoms with Crippen molar-refractivity contribution in [2.24, 2.45) is 0 Å². The van der Waals surface area contributed by atoms with Gasteiger partial charge < -0.3 is 0 Å². The average molecular weight is 379 g/mol. The van der Waals surface area contributed by atoms with Crippen LogP contribution in [0.5, 0.6) is 0 Å². The SMILES string of the molecule is CCCCCCCCCCc1ccc(-c2nnc(-c3ccccc3)s2)cc1. The summed E-state index contributed by atoms with van der Waals surface area (Å²) in [5.74, 6) is 0. The molecule has 0 radical (unpaired) electrons. The molecule has 3 aromatic rings. The molecule has 0 aliphatic carbocycles. The van der Waals surface area contributed by atoms with E-state index in [1.54, 1.807) is 11.3 Å². The number of aromatic nitrogens is 2. The van der Waals surface area contributed by atoms with Crippen molar-refractivity contribution in [3.63, 3.8) is 0 Å². The van der Waals surface area contributed by atoms with Crippen LogP contribution in [0.2, 0.25) is 0 Å². The molecule has 0 spiro atoms. The minimum absolute atomic E-state index is 0.980. The Morgan fingerprint density at radius 3 is 1.81 bits per heavy atom. The third kappa shape index (κ3) is 6.28. The molecule has 2 nitrogen and oxygen atoms in total. The first-order valence-electron chi connectivity index (χ1n) is 10.3. The van der Waals surface area contributed by atoms with Crippen molar-refractivity contribution in [2.75, 3.05) is 0 Å². The maximum absolute atomic E-state index is 4.38. The van der Waals surface area contributed by atoms with Crippen LogP contribution in [-0.4, -0.2) is 10.2 Å². The zero-order chi connectivity index (χ0) is 18.7. The third-order valence-electron chi connectivity index (χ3n) is 4.97. The van der Waals surface area contributed by atoms with Gasteiger partial charge in [0.25, 0.3) is 0 Å². The lowest BCUT2D eigenvalue weighted by Crippen LogP contribution is -1.87. The molecular weight excluding hydrogens is 348 g/mol. The van der Waals surface area contributed by atoms with Gasteiger partial charge in [-0.3, -0.25) is 0 Å². The number of aryl methyl sites for hydroxylation is 1. The van der Waals surface area contributed by atoms with E-state index in [4.69, 9.17) is 0 Å². The van der Waals surface area contributed by atoms with E-state index < -0.39 is 0 Å². The Morgan fingerprint density at radius 2 is 1.19 bits per heavy atom. The van der Waals surface area contributed by atoms with Gasteiger partial charge in [0, 0.05) is 11.1 Å². The van der Waals surface area contributed by atoms with E-state index in [1.165, 1.54) is 63.4 Å². The largest absolute Gasteiger partial charge is 0.148 e. The number of rotatable bonds is 11. The van der Waals surface area contributed by atoms with E-state index in [0.717, 1.165) is 21.1 Å². The van der Waals surface area contributed by atoms with Gasteiger partial charge in [0.15, 0.2) is 0 Å². The Hall–Kier alpha value is -2.00. The fourth-order valence-corrected chi connectivity index (χ4v) is 4.17. The Bertz CT molecular complexity index is 778. The van der Waals surface area contributed by atoms with Gasteiger partial charge in [0.1, 0.15) is 10.0 Å². The summed E-state index contributed by atoms with van der Waals surface area (Å²) in [6, 6.07) is 19.1. The van der Waals surface area contributed by atoms with Crippen LogP contribution >= 0.6 is 11.3 Å². The average Bonchev–Trinajstić information content (AvgIpc) is 3.21. The molecule has 0 fully saturated rings. The molecular formula is C24H30N2S. The maximum Gasteiger partial charge on any atom is 0.148 e. The van der Waals surface area contributed by atoms with Crippen LogP contribution in [0.15, 0.2) is 54.6 Å². The second-order valence-electron chi connectivity index (χ2n) is 7.20. The van der Waals surface area contributed by atoms with Crippen molar-refractivity contribution in [2.45, 2.75) is 64.7 Å². The molecule has 3 heteroatoms. The Kier molecular flexibility index (Phi) is 8.03. The first-order valence-corrected chi connectivity index (χ1v) is 11.2. The maximum atomic E-state index is 4.38. The normalized spacial score (nSPS) is 11.0. The number of nitrogens with zero attached hydrogens (tertiary/aromatic N) is 2. The molecule has 0 saturated heterocycles. The molecule has 1 aromatic heterocycles. The summed E-state index contributed by atoms with van der Waals surface area (Å²) in [5.41, 5.74) is 3.72. The van der Waals surface area contributed by atoms with Crippen LogP contribution in [0, 0.1) is 0 Å². The number of hydrogen-bond acceptors (Lipinski definition) is 3. The van der Waals surface area contributed by atoms with E-state index >= 15 is 0 Å². The molecule has 0 unspecified atom stereocenters. The van der Waals surface area contributed by atoms with Gasteiger partial charge in [-0.05, 0) is 18.4 Å². The lowest BCUT2D eigenvalue weighted by atomic mass is 10.0. The van der Waals surface area contributed by atoms with Gasteiger partial charge in [0.2, 0.25) is 0 Å². The molecule has 3 rings (SSSR count). The Labute approximate surface area is 167 Å². The quantitative estimate of drug-likeness (QED) is 0.322. The molecule has 0 aliphatic rings. The third-order valence-corrected chi connectivity index (χ3v) is 5.99. The molecule has 0 amide bonds. The highest BCUT2D eigenvalue weighted by Crippen LogP contribution is 2.29. The monoisotopic (exact) mass is 378 g/mol. The summed E-state index contributed by atoms with van der Waals surface area (Å²) >= 11 is 1.66. The van der Waals surface area contributed by atoms with E-state index in [1.807, 2.05) is 18.2 Å². The van der Waals surface area contributed by atoms with Gasteiger partial charge in [-0.15, -0.1) is 10.2 Å². The van der Waals surface area contributed by atoms with Crippen molar-refractivity contribution < 1.29 is 0 Å². The van der Waals surface area contributed by atoms with Crippen molar-refractivity contribution in [3.8, 4) is 21.1 Å². The van der Waals surface area contributed by atoms with Gasteiger partial charge in [-0.2, -0.15) is 0 Å². The first-order chi connectivity index (χ1) is 13.4. The highest BCUT2D eigenvalue weighted by molar-refractivity contribution is 7.17. The molecule has 2 aromatic carbocycles. The van der Waals surface area contributed by atoms with E-state index in [2.05, 4.69) is 53.5 Å². The summed E-state index contributed by atoms with van der Waals surface area (Å²) < 4.78 is 0. The van der Waals surface area contributed by atoms with Crippen LogP contribution < -0.4 is 0 Å². The van der Waals surface area contributed by atoms with Crippen molar-refractivity contribution in [3.05, 3.63) is 60.2 Å². The predicted molar refractivity (Wildman–Crippen MR) is 117 cm³/mol. The summed E-state index contributed by atoms with van der Waals surface area (Å²) in [6.07, 6.45) is 12.2. The minimum Gasteiger partial charge on any atom is -0.138 e. The zero-order valence-electron chi connectivity index (χ0n) is 16.4. The summed E-state index contributed by atoms with van der Waals surface area (Å²) in [6.45, 7) is 2.28. The van der Waals surface area contributed by atoms with Crippen LogP contribution in [0.3, 0.4) is 0 Å². The van der Waals surface area contributed by atoms with Gasteiger partial charge in [-0.1, -0.05) is 118 Å². The van der Waals surface area contributed by atoms with Crippen molar-refractivity contribution in [1.29, 1.82) is 0 Å². The first kappa shape index (κ1) is 19.8. The molecule has 0 N–H and O–H groups in total. The topological polar surface area (TPSA) is 25.8 Å². The fraction of sp³-hybridized carbons (Fsp3) is 0.417. The fourth-order valence-electron chi connectivity index (χ4n) is 3.31. The summed E-state index contributed by atoms with van der Waals surface area (Å²) in [4.78, 5) is 0. The number of benzene rings is 2. The van der Waals surface area contributed by atoms with Crippen molar-refractivity contribution >= 4 is 11.3 Å². The minimum atomic E-state index is 0.980. The van der Waals surface area contributed by atoms with Crippen LogP contribution in [0.4, 0.5) is 0 Å². The van der Waals surface area contributed by atoms with E-state index in [9.17, 15) is 0 Å². The Morgan fingerprint density at radius 1 is 0.630 bits per heavy atom. The van der Waals surface area contributed by atoms with Gasteiger partial charge in [-0.25, -0.2) is 0 Å². The standard InChI is InChI=1S/C24H30N2S/c1-2-3-4-5-6-7-8-10-13-20-16-18-22(19-17-20)24-26-25-23(27-24)21-14-11-9-12-15-21/h9,11-12,14-19H,2-8,10,13H2,1H3.